The molecule has 0 aromatic rings. The molecule has 0 saturated carbocycles. The van der Waals surface area contributed by atoms with E-state index in [0.29, 0.717) is 6.04 Å². The lowest BCUT2D eigenvalue weighted by Crippen LogP contribution is -2.25. The highest BCUT2D eigenvalue weighted by Gasteiger charge is 1.99. The molecule has 0 bridgehead atoms. The van der Waals surface area contributed by atoms with Crippen LogP contribution in [-0.4, -0.2) is 30.6 Å². The van der Waals surface area contributed by atoms with Crippen LogP contribution >= 0.6 is 17.0 Å². The molecule has 0 saturated heterocycles. The Labute approximate surface area is 87.3 Å². The second kappa shape index (κ2) is 9.49. The Kier molecular flexibility index (Phi) is 11.8. The first-order valence-corrected chi connectivity index (χ1v) is 4.68. The van der Waals surface area contributed by atoms with Crippen molar-refractivity contribution in [1.82, 2.24) is 4.90 Å². The van der Waals surface area contributed by atoms with Crippen LogP contribution in [0.4, 0.5) is 0 Å². The number of hydrogen-bond acceptors (Lipinski definition) is 2. The fraction of sp³-hybridized carbons (Fsp3) is 1.00. The van der Waals surface area contributed by atoms with Gasteiger partial charge in [0.25, 0.3) is 0 Å². The normalized spacial score (nSPS) is 12.8. The van der Waals surface area contributed by atoms with Crippen LogP contribution in [0.3, 0.4) is 0 Å². The molecule has 0 aromatic heterocycles. The average molecular weight is 239 g/mol. The summed E-state index contributed by atoms with van der Waals surface area (Å²) in [6.07, 6.45) is 2.38. The van der Waals surface area contributed by atoms with Crippen molar-refractivity contribution >= 4 is 17.0 Å². The third-order valence-corrected chi connectivity index (χ3v) is 2.03. The molecule has 0 aliphatic carbocycles. The molecular weight excluding hydrogens is 216 g/mol. The third-order valence-electron chi connectivity index (χ3n) is 2.03. The Hall–Kier alpha value is 0.400. The molecule has 2 N–H and O–H groups in total. The Morgan fingerprint density at radius 2 is 1.75 bits per heavy atom. The molecule has 2 nitrogen and oxygen atoms in total. The Morgan fingerprint density at radius 1 is 1.25 bits per heavy atom. The van der Waals surface area contributed by atoms with Crippen LogP contribution < -0.4 is 5.73 Å². The summed E-state index contributed by atoms with van der Waals surface area (Å²) in [5, 5.41) is 0. The van der Waals surface area contributed by atoms with Crippen molar-refractivity contribution in [1.29, 1.82) is 0 Å². The molecule has 0 spiro atoms. The maximum absolute atomic E-state index is 5.64. The zero-order valence-electron chi connectivity index (χ0n) is 8.55. The van der Waals surface area contributed by atoms with Gasteiger partial charge in [-0.3, -0.25) is 0 Å². The van der Waals surface area contributed by atoms with Crippen LogP contribution in [0.2, 0.25) is 0 Å². The van der Waals surface area contributed by atoms with Crippen molar-refractivity contribution in [2.75, 3.05) is 19.6 Å². The van der Waals surface area contributed by atoms with Gasteiger partial charge in [0.15, 0.2) is 0 Å². The smallest absolute Gasteiger partial charge is 0.00109 e. The van der Waals surface area contributed by atoms with Gasteiger partial charge < -0.3 is 10.6 Å². The molecule has 0 radical (unpaired) electrons. The van der Waals surface area contributed by atoms with E-state index in [4.69, 9.17) is 5.73 Å². The molecule has 12 heavy (non-hydrogen) atoms. The zero-order valence-corrected chi connectivity index (χ0v) is 10.3. The van der Waals surface area contributed by atoms with E-state index < -0.39 is 0 Å². The van der Waals surface area contributed by atoms with E-state index in [1.54, 1.807) is 0 Å². The van der Waals surface area contributed by atoms with Crippen molar-refractivity contribution in [3.8, 4) is 0 Å². The first-order chi connectivity index (χ1) is 5.20. The third kappa shape index (κ3) is 8.50. The van der Waals surface area contributed by atoms with E-state index in [0.717, 1.165) is 19.5 Å². The summed E-state index contributed by atoms with van der Waals surface area (Å²) in [7, 11) is 0. The average Bonchev–Trinajstić information content (AvgIpc) is 1.98. The van der Waals surface area contributed by atoms with Crippen molar-refractivity contribution in [2.45, 2.75) is 39.7 Å². The lowest BCUT2D eigenvalue weighted by Gasteiger charge is -2.17. The second-order valence-corrected chi connectivity index (χ2v) is 3.15. The minimum atomic E-state index is 0. The second-order valence-electron chi connectivity index (χ2n) is 3.15. The Morgan fingerprint density at radius 3 is 2.08 bits per heavy atom. The fourth-order valence-electron chi connectivity index (χ4n) is 1.18. The van der Waals surface area contributed by atoms with Gasteiger partial charge in [0.1, 0.15) is 0 Å². The van der Waals surface area contributed by atoms with E-state index in [2.05, 4.69) is 25.7 Å². The van der Waals surface area contributed by atoms with Crippen LogP contribution in [0.1, 0.15) is 33.6 Å². The van der Waals surface area contributed by atoms with Crippen LogP contribution in [0, 0.1) is 0 Å². The molecular formula is C9H23BrN2. The molecule has 0 heterocycles. The predicted octanol–water partition coefficient (Wildman–Crippen LogP) is 2.03. The molecule has 3 heteroatoms. The lowest BCUT2D eigenvalue weighted by molar-refractivity contribution is 0.294. The maximum atomic E-state index is 5.64. The van der Waals surface area contributed by atoms with Gasteiger partial charge in [0.05, 0.1) is 0 Å². The summed E-state index contributed by atoms with van der Waals surface area (Å²) in [5.41, 5.74) is 5.64. The van der Waals surface area contributed by atoms with E-state index in [9.17, 15) is 0 Å². The van der Waals surface area contributed by atoms with Gasteiger partial charge in [-0.15, -0.1) is 17.0 Å². The van der Waals surface area contributed by atoms with Crippen molar-refractivity contribution in [2.24, 2.45) is 5.73 Å². The Balaban J connectivity index is 0. The Bertz CT molecular complexity index is 82.6. The monoisotopic (exact) mass is 238 g/mol. The van der Waals surface area contributed by atoms with Gasteiger partial charge in [-0.1, -0.05) is 13.8 Å². The summed E-state index contributed by atoms with van der Waals surface area (Å²) in [4.78, 5) is 2.43. The van der Waals surface area contributed by atoms with Gasteiger partial charge in [-0.05, 0) is 39.4 Å². The largest absolute Gasteiger partial charge is 0.328 e. The number of halogens is 1. The van der Waals surface area contributed by atoms with Crippen molar-refractivity contribution in [3.63, 3.8) is 0 Å². The standard InChI is InChI=1S/C9H22N2.BrH/c1-4-11(5-2)8-6-7-9(3)10;/h9H,4-8,10H2,1-3H3;1H. The number of rotatable bonds is 6. The van der Waals surface area contributed by atoms with Crippen LogP contribution in [0.25, 0.3) is 0 Å². The fourth-order valence-corrected chi connectivity index (χ4v) is 1.18. The lowest BCUT2D eigenvalue weighted by atomic mass is 10.2. The van der Waals surface area contributed by atoms with Gasteiger partial charge in [-0.25, -0.2) is 0 Å². The summed E-state index contributed by atoms with van der Waals surface area (Å²) < 4.78 is 0. The highest BCUT2D eigenvalue weighted by Crippen LogP contribution is 1.96. The first-order valence-electron chi connectivity index (χ1n) is 4.68. The highest BCUT2D eigenvalue weighted by atomic mass is 79.9. The molecule has 0 aliphatic heterocycles. The molecule has 0 fully saturated rings. The molecule has 0 amide bonds. The molecule has 0 rings (SSSR count). The molecule has 1 unspecified atom stereocenters. The quantitative estimate of drug-likeness (QED) is 0.768. The van der Waals surface area contributed by atoms with Crippen LogP contribution in [0.15, 0.2) is 0 Å². The minimum Gasteiger partial charge on any atom is -0.328 e. The van der Waals surface area contributed by atoms with E-state index >= 15 is 0 Å². The van der Waals surface area contributed by atoms with Crippen molar-refractivity contribution in [3.05, 3.63) is 0 Å². The minimum absolute atomic E-state index is 0. The van der Waals surface area contributed by atoms with Gasteiger partial charge in [0, 0.05) is 6.04 Å². The predicted molar refractivity (Wildman–Crippen MR) is 61.0 cm³/mol. The highest BCUT2D eigenvalue weighted by molar-refractivity contribution is 8.93. The summed E-state index contributed by atoms with van der Waals surface area (Å²) in [5.74, 6) is 0. The summed E-state index contributed by atoms with van der Waals surface area (Å²) in [6, 6.07) is 0.366. The number of hydrogen-bond donors (Lipinski definition) is 1. The number of nitrogens with two attached hydrogens (primary N) is 1. The SMILES string of the molecule is Br.CCN(CC)CCCC(C)N. The molecule has 0 aliphatic rings. The molecule has 76 valence electrons. The topological polar surface area (TPSA) is 29.3 Å². The van der Waals surface area contributed by atoms with Crippen LogP contribution in [0.5, 0.6) is 0 Å². The van der Waals surface area contributed by atoms with Crippen LogP contribution in [-0.2, 0) is 0 Å². The molecule has 1 atom stereocenters. The van der Waals surface area contributed by atoms with Gasteiger partial charge in [0.2, 0.25) is 0 Å². The van der Waals surface area contributed by atoms with Gasteiger partial charge in [-0.2, -0.15) is 0 Å². The number of nitrogens with zero attached hydrogens (tertiary/aromatic N) is 1. The summed E-state index contributed by atoms with van der Waals surface area (Å²) >= 11 is 0. The molecule has 0 aromatic carbocycles. The van der Waals surface area contributed by atoms with Crippen molar-refractivity contribution < 1.29 is 0 Å². The maximum Gasteiger partial charge on any atom is 0.00109 e. The summed E-state index contributed by atoms with van der Waals surface area (Å²) in [6.45, 7) is 10.0. The first kappa shape index (κ1) is 14.9. The zero-order chi connectivity index (χ0) is 8.69. The van der Waals surface area contributed by atoms with E-state index in [1.165, 1.54) is 13.0 Å². The van der Waals surface area contributed by atoms with E-state index in [1.807, 2.05) is 0 Å². The van der Waals surface area contributed by atoms with Gasteiger partial charge >= 0.3 is 0 Å². The van der Waals surface area contributed by atoms with E-state index in [-0.39, 0.29) is 17.0 Å².